The minimum Gasteiger partial charge on any atom is -0.444 e. The van der Waals surface area contributed by atoms with E-state index in [1.165, 1.54) is 6.42 Å². The zero-order valence-electron chi connectivity index (χ0n) is 12.1. The second kappa shape index (κ2) is 7.54. The van der Waals surface area contributed by atoms with Crippen LogP contribution >= 0.6 is 0 Å². The molecule has 2 atom stereocenters. The van der Waals surface area contributed by atoms with Crippen molar-refractivity contribution in [3.05, 3.63) is 0 Å². The Labute approximate surface area is 105 Å². The smallest absolute Gasteiger partial charge is 0.407 e. The van der Waals surface area contributed by atoms with Gasteiger partial charge in [-0.25, -0.2) is 4.79 Å². The van der Waals surface area contributed by atoms with Gasteiger partial charge in [0.25, 0.3) is 0 Å². The van der Waals surface area contributed by atoms with Crippen molar-refractivity contribution in [2.45, 2.75) is 72.1 Å². The summed E-state index contributed by atoms with van der Waals surface area (Å²) in [7, 11) is 0. The van der Waals surface area contributed by atoms with Crippen molar-refractivity contribution in [2.75, 3.05) is 6.54 Å². The Hall–Kier alpha value is -0.770. The van der Waals surface area contributed by atoms with Crippen molar-refractivity contribution in [3.63, 3.8) is 0 Å². The van der Waals surface area contributed by atoms with Gasteiger partial charge < -0.3 is 15.4 Å². The van der Waals surface area contributed by atoms with Gasteiger partial charge in [0.05, 0.1) is 0 Å². The van der Waals surface area contributed by atoms with E-state index < -0.39 is 5.60 Å². The van der Waals surface area contributed by atoms with Gasteiger partial charge in [-0.1, -0.05) is 13.3 Å². The van der Waals surface area contributed by atoms with Crippen molar-refractivity contribution in [1.82, 2.24) is 10.6 Å². The first-order chi connectivity index (χ1) is 7.74. The van der Waals surface area contributed by atoms with Crippen molar-refractivity contribution < 1.29 is 9.53 Å². The Morgan fingerprint density at radius 1 is 1.24 bits per heavy atom. The lowest BCUT2D eigenvalue weighted by molar-refractivity contribution is 0.0507. The standard InChI is InChI=1S/C13H28N2O2/c1-7-8-10(2)14-9-11(3)15-12(16)17-13(4,5)6/h10-11,14H,7-9H2,1-6H3,(H,15,16). The molecule has 17 heavy (non-hydrogen) atoms. The zero-order chi connectivity index (χ0) is 13.5. The average molecular weight is 244 g/mol. The Bertz CT molecular complexity index is 224. The van der Waals surface area contributed by atoms with Gasteiger partial charge in [-0.15, -0.1) is 0 Å². The quantitative estimate of drug-likeness (QED) is 0.755. The van der Waals surface area contributed by atoms with Crippen LogP contribution in [-0.4, -0.2) is 30.3 Å². The topological polar surface area (TPSA) is 50.4 Å². The summed E-state index contributed by atoms with van der Waals surface area (Å²) in [5.74, 6) is 0. The number of rotatable bonds is 6. The maximum absolute atomic E-state index is 11.5. The molecular formula is C13H28N2O2. The molecule has 4 heteroatoms. The van der Waals surface area contributed by atoms with Crippen LogP contribution in [0.4, 0.5) is 4.79 Å². The van der Waals surface area contributed by atoms with Crippen LogP contribution in [0.25, 0.3) is 0 Å². The average Bonchev–Trinajstić information content (AvgIpc) is 2.12. The Balaban J connectivity index is 3.78. The molecule has 0 aromatic heterocycles. The normalized spacial score (nSPS) is 15.2. The Morgan fingerprint density at radius 3 is 2.29 bits per heavy atom. The predicted octanol–water partition coefficient (Wildman–Crippen LogP) is 2.68. The van der Waals surface area contributed by atoms with E-state index in [9.17, 15) is 4.79 Å². The van der Waals surface area contributed by atoms with E-state index in [1.54, 1.807) is 0 Å². The van der Waals surface area contributed by atoms with Crippen LogP contribution in [0.5, 0.6) is 0 Å². The van der Waals surface area contributed by atoms with Crippen molar-refractivity contribution in [2.24, 2.45) is 0 Å². The number of hydrogen-bond acceptors (Lipinski definition) is 3. The van der Waals surface area contributed by atoms with Crippen molar-refractivity contribution in [3.8, 4) is 0 Å². The first-order valence-corrected chi connectivity index (χ1v) is 6.47. The van der Waals surface area contributed by atoms with Gasteiger partial charge in [-0.3, -0.25) is 0 Å². The van der Waals surface area contributed by atoms with Gasteiger partial charge in [0.15, 0.2) is 0 Å². The molecule has 2 unspecified atom stereocenters. The number of nitrogens with one attached hydrogen (secondary N) is 2. The number of carbonyl (C=O) groups excluding carboxylic acids is 1. The highest BCUT2D eigenvalue weighted by Gasteiger charge is 2.17. The van der Waals surface area contributed by atoms with Crippen LogP contribution < -0.4 is 10.6 Å². The van der Waals surface area contributed by atoms with Crippen LogP contribution in [0.1, 0.15) is 54.4 Å². The fourth-order valence-corrected chi connectivity index (χ4v) is 1.47. The Morgan fingerprint density at radius 2 is 1.82 bits per heavy atom. The summed E-state index contributed by atoms with van der Waals surface area (Å²) in [6.45, 7) is 12.6. The summed E-state index contributed by atoms with van der Waals surface area (Å²) in [5, 5.41) is 6.19. The zero-order valence-corrected chi connectivity index (χ0v) is 12.1. The molecule has 0 saturated carbocycles. The summed E-state index contributed by atoms with van der Waals surface area (Å²) < 4.78 is 5.18. The first kappa shape index (κ1) is 16.2. The minimum absolute atomic E-state index is 0.0733. The minimum atomic E-state index is -0.438. The molecule has 0 heterocycles. The second-order valence-corrected chi connectivity index (χ2v) is 5.65. The molecular weight excluding hydrogens is 216 g/mol. The van der Waals surface area contributed by atoms with Crippen LogP contribution in [0.15, 0.2) is 0 Å². The Kier molecular flexibility index (Phi) is 7.19. The van der Waals surface area contributed by atoms with Gasteiger partial charge in [0.1, 0.15) is 5.60 Å². The van der Waals surface area contributed by atoms with E-state index in [4.69, 9.17) is 4.74 Å². The second-order valence-electron chi connectivity index (χ2n) is 5.65. The third-order valence-electron chi connectivity index (χ3n) is 2.26. The van der Waals surface area contributed by atoms with E-state index in [-0.39, 0.29) is 12.1 Å². The van der Waals surface area contributed by atoms with Gasteiger partial charge >= 0.3 is 6.09 Å². The lowest BCUT2D eigenvalue weighted by Crippen LogP contribution is -2.44. The summed E-state index contributed by atoms with van der Waals surface area (Å²) in [4.78, 5) is 11.5. The molecule has 0 rings (SSSR count). The fourth-order valence-electron chi connectivity index (χ4n) is 1.47. The summed E-state index contributed by atoms with van der Waals surface area (Å²) in [6.07, 6.45) is 1.97. The highest BCUT2D eigenvalue weighted by Crippen LogP contribution is 2.06. The van der Waals surface area contributed by atoms with E-state index in [1.807, 2.05) is 27.7 Å². The first-order valence-electron chi connectivity index (χ1n) is 6.47. The molecule has 0 aromatic carbocycles. The lowest BCUT2D eigenvalue weighted by Gasteiger charge is -2.23. The summed E-state index contributed by atoms with van der Waals surface area (Å²) in [6, 6.07) is 0.562. The molecule has 2 N–H and O–H groups in total. The molecule has 0 saturated heterocycles. The van der Waals surface area contributed by atoms with Crippen LogP contribution in [0.3, 0.4) is 0 Å². The van der Waals surface area contributed by atoms with Crippen molar-refractivity contribution >= 4 is 6.09 Å². The molecule has 0 aromatic rings. The molecule has 4 nitrogen and oxygen atoms in total. The van der Waals surface area contributed by atoms with Crippen LogP contribution in [0.2, 0.25) is 0 Å². The molecule has 0 fully saturated rings. The van der Waals surface area contributed by atoms with Gasteiger partial charge in [-0.2, -0.15) is 0 Å². The molecule has 0 bridgehead atoms. The lowest BCUT2D eigenvalue weighted by atomic mass is 10.2. The van der Waals surface area contributed by atoms with Gasteiger partial charge in [0.2, 0.25) is 0 Å². The largest absolute Gasteiger partial charge is 0.444 e. The predicted molar refractivity (Wildman–Crippen MR) is 71.2 cm³/mol. The molecule has 102 valence electrons. The molecule has 1 amide bonds. The SMILES string of the molecule is CCCC(C)NCC(C)NC(=O)OC(C)(C)C. The fraction of sp³-hybridized carbons (Fsp3) is 0.923. The molecule has 0 spiro atoms. The molecule has 0 radical (unpaired) electrons. The summed E-state index contributed by atoms with van der Waals surface area (Å²) >= 11 is 0. The van der Waals surface area contributed by atoms with Crippen LogP contribution in [0, 0.1) is 0 Å². The molecule has 0 aliphatic rings. The third-order valence-corrected chi connectivity index (χ3v) is 2.26. The number of alkyl carbamates (subject to hydrolysis) is 1. The van der Waals surface area contributed by atoms with Crippen molar-refractivity contribution in [1.29, 1.82) is 0 Å². The highest BCUT2D eigenvalue weighted by atomic mass is 16.6. The van der Waals surface area contributed by atoms with Gasteiger partial charge in [-0.05, 0) is 41.0 Å². The highest BCUT2D eigenvalue weighted by molar-refractivity contribution is 5.68. The maximum Gasteiger partial charge on any atom is 0.407 e. The number of amides is 1. The number of hydrogen-bond donors (Lipinski definition) is 2. The number of ether oxygens (including phenoxy) is 1. The maximum atomic E-state index is 11.5. The molecule has 0 aliphatic carbocycles. The summed E-state index contributed by atoms with van der Waals surface area (Å²) in [5.41, 5.74) is -0.438. The van der Waals surface area contributed by atoms with E-state index in [2.05, 4.69) is 24.5 Å². The molecule has 0 aliphatic heterocycles. The monoisotopic (exact) mass is 244 g/mol. The van der Waals surface area contributed by atoms with Gasteiger partial charge in [0, 0.05) is 18.6 Å². The van der Waals surface area contributed by atoms with E-state index in [0.29, 0.717) is 6.04 Å². The van der Waals surface area contributed by atoms with E-state index in [0.717, 1.165) is 13.0 Å². The van der Waals surface area contributed by atoms with Crippen LogP contribution in [-0.2, 0) is 4.74 Å². The van der Waals surface area contributed by atoms with E-state index >= 15 is 0 Å². The third kappa shape index (κ3) is 10.1. The number of carbonyl (C=O) groups is 1.